The lowest BCUT2D eigenvalue weighted by Gasteiger charge is -2.37. The zero-order valence-electron chi connectivity index (χ0n) is 18.6. The summed E-state index contributed by atoms with van der Waals surface area (Å²) in [5.41, 5.74) is 12.3. The standard InChI is InChI=1S/C22H25ClF2N8O/c1-31(6-7-32-8-10-33(11-9-32)16-5-4-14(24)13-15(16)25)21-18(23)20(29-22(27)30-21)28-19(26)17-3-2-12-34-17/h2-5,12-13H,6-11H2,1H3,(H4,26,27,28,29,30). The summed E-state index contributed by atoms with van der Waals surface area (Å²) in [5, 5.41) is 0.225. The number of hydrogen-bond donors (Lipinski definition) is 2. The highest BCUT2D eigenvalue weighted by molar-refractivity contribution is 6.35. The first-order valence-corrected chi connectivity index (χ1v) is 11.0. The van der Waals surface area contributed by atoms with E-state index in [9.17, 15) is 8.78 Å². The first kappa shape index (κ1) is 23.7. The van der Waals surface area contributed by atoms with Crippen molar-refractivity contribution in [3.8, 4) is 0 Å². The van der Waals surface area contributed by atoms with Crippen molar-refractivity contribution < 1.29 is 13.2 Å². The zero-order valence-corrected chi connectivity index (χ0v) is 19.3. The van der Waals surface area contributed by atoms with Crippen LogP contribution in [0.25, 0.3) is 0 Å². The summed E-state index contributed by atoms with van der Waals surface area (Å²) in [7, 11) is 1.85. The van der Waals surface area contributed by atoms with E-state index in [1.165, 1.54) is 18.4 Å². The van der Waals surface area contributed by atoms with Crippen LogP contribution in [-0.4, -0.2) is 67.0 Å². The van der Waals surface area contributed by atoms with Gasteiger partial charge >= 0.3 is 0 Å². The highest BCUT2D eigenvalue weighted by atomic mass is 35.5. The molecule has 3 heterocycles. The highest BCUT2D eigenvalue weighted by Crippen LogP contribution is 2.32. The van der Waals surface area contributed by atoms with Crippen molar-refractivity contribution in [1.29, 1.82) is 0 Å². The molecule has 0 spiro atoms. The molecule has 1 aromatic carbocycles. The number of likely N-dealkylation sites (N-methyl/N-ethyl adjacent to an activating group) is 1. The van der Waals surface area contributed by atoms with Gasteiger partial charge in [-0.15, -0.1) is 0 Å². The third kappa shape index (κ3) is 5.37. The minimum Gasteiger partial charge on any atom is -0.461 e. The number of anilines is 3. The molecule has 0 unspecified atom stereocenters. The molecule has 1 aliphatic heterocycles. The van der Waals surface area contributed by atoms with Gasteiger partial charge in [0.2, 0.25) is 5.95 Å². The maximum atomic E-state index is 14.1. The molecule has 180 valence electrons. The number of benzene rings is 1. The third-order valence-electron chi connectivity index (χ3n) is 5.57. The highest BCUT2D eigenvalue weighted by Gasteiger charge is 2.21. The van der Waals surface area contributed by atoms with Crippen LogP contribution in [0, 0.1) is 11.6 Å². The van der Waals surface area contributed by atoms with Gasteiger partial charge in [0.1, 0.15) is 16.7 Å². The molecule has 1 fully saturated rings. The lowest BCUT2D eigenvalue weighted by Crippen LogP contribution is -2.48. The number of hydrogen-bond acceptors (Lipinski definition) is 8. The summed E-state index contributed by atoms with van der Waals surface area (Å²) in [6, 6.07) is 7.04. The van der Waals surface area contributed by atoms with E-state index in [2.05, 4.69) is 19.9 Å². The number of nitrogens with zero attached hydrogens (tertiary/aromatic N) is 6. The van der Waals surface area contributed by atoms with Crippen molar-refractivity contribution in [2.45, 2.75) is 0 Å². The van der Waals surface area contributed by atoms with E-state index in [1.807, 2.05) is 16.8 Å². The molecule has 0 saturated carbocycles. The molecule has 4 rings (SSSR count). The van der Waals surface area contributed by atoms with E-state index in [0.29, 0.717) is 36.9 Å². The molecule has 0 aliphatic carbocycles. The molecule has 3 aromatic rings. The zero-order chi connectivity index (χ0) is 24.2. The second-order valence-corrected chi connectivity index (χ2v) is 8.24. The van der Waals surface area contributed by atoms with Gasteiger partial charge in [-0.25, -0.2) is 13.8 Å². The van der Waals surface area contributed by atoms with E-state index in [0.717, 1.165) is 25.7 Å². The van der Waals surface area contributed by atoms with Crippen LogP contribution < -0.4 is 21.3 Å². The predicted octanol–water partition coefficient (Wildman–Crippen LogP) is 2.88. The smallest absolute Gasteiger partial charge is 0.224 e. The van der Waals surface area contributed by atoms with Crippen LogP contribution in [0.3, 0.4) is 0 Å². The Morgan fingerprint density at radius 3 is 2.65 bits per heavy atom. The summed E-state index contributed by atoms with van der Waals surface area (Å²) < 4.78 is 32.5. The number of aromatic nitrogens is 2. The fraction of sp³-hybridized carbons (Fsp3) is 0.318. The van der Waals surface area contributed by atoms with Gasteiger partial charge in [-0.1, -0.05) is 11.6 Å². The first-order chi connectivity index (χ1) is 16.3. The average Bonchev–Trinajstić information content (AvgIpc) is 3.35. The van der Waals surface area contributed by atoms with Crippen LogP contribution in [0.15, 0.2) is 46.0 Å². The normalized spacial score (nSPS) is 15.1. The molecule has 1 aliphatic rings. The summed E-state index contributed by atoms with van der Waals surface area (Å²) in [4.78, 5) is 18.6. The van der Waals surface area contributed by atoms with Crippen molar-refractivity contribution in [2.75, 3.05) is 61.8 Å². The van der Waals surface area contributed by atoms with Crippen LogP contribution in [0.2, 0.25) is 5.02 Å². The molecule has 0 atom stereocenters. The lowest BCUT2D eigenvalue weighted by molar-refractivity contribution is 0.263. The maximum absolute atomic E-state index is 14.1. The van der Waals surface area contributed by atoms with Gasteiger partial charge < -0.3 is 25.7 Å². The van der Waals surface area contributed by atoms with Crippen LogP contribution in [0.5, 0.6) is 0 Å². The number of aliphatic imine (C=N–C) groups is 1. The molecule has 2 aromatic heterocycles. The molecule has 12 heteroatoms. The molecule has 0 bridgehead atoms. The van der Waals surface area contributed by atoms with Crippen molar-refractivity contribution in [1.82, 2.24) is 14.9 Å². The minimum absolute atomic E-state index is 0.0205. The van der Waals surface area contributed by atoms with Gasteiger partial charge in [-0.2, -0.15) is 9.97 Å². The lowest BCUT2D eigenvalue weighted by atomic mass is 10.2. The fourth-order valence-corrected chi connectivity index (χ4v) is 3.98. The second-order valence-electron chi connectivity index (χ2n) is 7.86. The number of rotatable bonds is 7. The SMILES string of the molecule is CN(CCN1CCN(c2ccc(F)cc2F)CC1)c1nc(N)nc(/N=C(\N)c2ccco2)c1Cl. The molecule has 0 amide bonds. The Bertz CT molecular complexity index is 1170. The summed E-state index contributed by atoms with van der Waals surface area (Å²) in [6.45, 7) is 4.08. The van der Waals surface area contributed by atoms with Crippen LogP contribution in [0.1, 0.15) is 5.76 Å². The quantitative estimate of drug-likeness (QED) is 0.384. The van der Waals surface area contributed by atoms with Crippen LogP contribution >= 0.6 is 11.6 Å². The number of furan rings is 1. The molecule has 0 radical (unpaired) electrons. The molecule has 34 heavy (non-hydrogen) atoms. The summed E-state index contributed by atoms with van der Waals surface area (Å²) in [5.74, 6) is -0.00383. The van der Waals surface area contributed by atoms with E-state index in [1.54, 1.807) is 12.1 Å². The number of nitrogens with two attached hydrogens (primary N) is 2. The van der Waals surface area contributed by atoms with E-state index >= 15 is 0 Å². The van der Waals surface area contributed by atoms with Crippen molar-refractivity contribution in [3.63, 3.8) is 0 Å². The molecule has 4 N–H and O–H groups in total. The number of piperazine rings is 1. The molecular weight excluding hydrogens is 466 g/mol. The van der Waals surface area contributed by atoms with Gasteiger partial charge in [0.25, 0.3) is 0 Å². The Hall–Kier alpha value is -3.44. The van der Waals surface area contributed by atoms with E-state index in [-0.39, 0.29) is 22.6 Å². The Balaban J connectivity index is 1.37. The van der Waals surface area contributed by atoms with Gasteiger partial charge in [-0.05, 0) is 24.3 Å². The van der Waals surface area contributed by atoms with Gasteiger partial charge in [0.15, 0.2) is 23.2 Å². The van der Waals surface area contributed by atoms with Crippen molar-refractivity contribution in [2.24, 2.45) is 10.7 Å². The number of amidine groups is 1. The Labute approximate surface area is 200 Å². The Kier molecular flexibility index (Phi) is 7.13. The Morgan fingerprint density at radius 2 is 1.97 bits per heavy atom. The topological polar surface area (TPSA) is 113 Å². The molecule has 9 nitrogen and oxygen atoms in total. The fourth-order valence-electron chi connectivity index (χ4n) is 3.71. The predicted molar refractivity (Wildman–Crippen MR) is 129 cm³/mol. The summed E-state index contributed by atoms with van der Waals surface area (Å²) >= 11 is 6.52. The van der Waals surface area contributed by atoms with Crippen LogP contribution in [0.4, 0.5) is 32.1 Å². The largest absolute Gasteiger partial charge is 0.461 e. The van der Waals surface area contributed by atoms with Crippen molar-refractivity contribution in [3.05, 3.63) is 59.0 Å². The molecule has 1 saturated heterocycles. The van der Waals surface area contributed by atoms with Crippen molar-refractivity contribution >= 4 is 40.7 Å². The monoisotopic (exact) mass is 490 g/mol. The second kappa shape index (κ2) is 10.2. The van der Waals surface area contributed by atoms with E-state index in [4.69, 9.17) is 27.5 Å². The van der Waals surface area contributed by atoms with Crippen LogP contribution in [-0.2, 0) is 0 Å². The Morgan fingerprint density at radius 1 is 1.21 bits per heavy atom. The minimum atomic E-state index is -0.579. The maximum Gasteiger partial charge on any atom is 0.224 e. The van der Waals surface area contributed by atoms with E-state index < -0.39 is 11.6 Å². The number of halogens is 3. The molecular formula is C22H25ClF2N8O. The summed E-state index contributed by atoms with van der Waals surface area (Å²) in [6.07, 6.45) is 1.49. The van der Waals surface area contributed by atoms with Gasteiger partial charge in [0.05, 0.1) is 12.0 Å². The van der Waals surface area contributed by atoms with Gasteiger partial charge in [0, 0.05) is 52.4 Å². The first-order valence-electron chi connectivity index (χ1n) is 10.7. The number of nitrogen functional groups attached to an aromatic ring is 1. The van der Waals surface area contributed by atoms with Gasteiger partial charge in [-0.3, -0.25) is 4.90 Å². The average molecular weight is 491 g/mol. The third-order valence-corrected chi connectivity index (χ3v) is 5.91.